The molecule has 2 unspecified atom stereocenters. The normalized spacial score (nSPS) is 23.3. The molecule has 2 atom stereocenters. The highest BCUT2D eigenvalue weighted by molar-refractivity contribution is 7.32. The molecule has 0 amide bonds. The Morgan fingerprint density at radius 1 is 0.895 bits per heavy atom. The van der Waals surface area contributed by atoms with Gasteiger partial charge in [0.15, 0.2) is 0 Å². The third-order valence-corrected chi connectivity index (χ3v) is 3.44. The Bertz CT molecular complexity index is 280. The van der Waals surface area contributed by atoms with Crippen LogP contribution in [0.3, 0.4) is 0 Å². The van der Waals surface area contributed by atoms with E-state index in [9.17, 15) is 9.13 Å². The zero-order valence-corrected chi connectivity index (χ0v) is 12.6. The van der Waals surface area contributed by atoms with Crippen molar-refractivity contribution in [2.45, 2.75) is 0 Å². The molecule has 0 aromatic rings. The molecule has 1 aliphatic heterocycles. The van der Waals surface area contributed by atoms with Crippen LogP contribution in [0.1, 0.15) is 0 Å². The lowest BCUT2D eigenvalue weighted by atomic mass is 10.4. The predicted octanol–water partition coefficient (Wildman–Crippen LogP) is -1.09. The van der Waals surface area contributed by atoms with E-state index in [1.54, 1.807) is 0 Å². The molecule has 114 valence electrons. The second kappa shape index (κ2) is 9.99. The van der Waals surface area contributed by atoms with E-state index in [0.29, 0.717) is 26.2 Å². The summed E-state index contributed by atoms with van der Waals surface area (Å²) in [6.07, 6.45) is 0. The molecule has 0 radical (unpaired) electrons. The fourth-order valence-electron chi connectivity index (χ4n) is 1.66. The van der Waals surface area contributed by atoms with Gasteiger partial charge in [0.25, 0.3) is 0 Å². The van der Waals surface area contributed by atoms with Crippen LogP contribution in [0, 0.1) is 0 Å². The first-order valence-corrected chi connectivity index (χ1v) is 8.47. The number of nitrogens with one attached hydrogen (secondary N) is 1. The number of hydrogen-bond acceptors (Lipinski definition) is 7. The lowest BCUT2D eigenvalue weighted by Crippen LogP contribution is -2.37. The van der Waals surface area contributed by atoms with Crippen LogP contribution in [0.5, 0.6) is 0 Å². The Balaban J connectivity index is 2.37. The van der Waals surface area contributed by atoms with Crippen molar-refractivity contribution in [3.63, 3.8) is 0 Å². The molecule has 0 spiro atoms. The van der Waals surface area contributed by atoms with E-state index in [1.165, 1.54) is 0 Å². The Morgan fingerprint density at radius 2 is 1.32 bits per heavy atom. The van der Waals surface area contributed by atoms with Gasteiger partial charge in [-0.05, 0) is 0 Å². The van der Waals surface area contributed by atoms with Crippen molar-refractivity contribution < 1.29 is 28.0 Å². The summed E-state index contributed by atoms with van der Waals surface area (Å²) in [7, 11) is -5.84. The van der Waals surface area contributed by atoms with Gasteiger partial charge in [0.1, 0.15) is 13.5 Å². The summed E-state index contributed by atoms with van der Waals surface area (Å²) >= 11 is 0. The van der Waals surface area contributed by atoms with Crippen LogP contribution in [-0.4, -0.2) is 72.3 Å². The Morgan fingerprint density at radius 3 is 1.68 bits per heavy atom. The van der Waals surface area contributed by atoms with Crippen LogP contribution < -0.4 is 5.32 Å². The van der Waals surface area contributed by atoms with E-state index in [-0.39, 0.29) is 13.5 Å². The Kier molecular flexibility index (Phi) is 9.06. The third-order valence-electron chi connectivity index (χ3n) is 2.68. The van der Waals surface area contributed by atoms with Gasteiger partial charge < -0.3 is 15.1 Å². The summed E-state index contributed by atoms with van der Waals surface area (Å²) in [4.78, 5) is 21.1. The van der Waals surface area contributed by atoms with Crippen molar-refractivity contribution in [2.75, 3.05) is 52.7 Å². The first-order valence-electron chi connectivity index (χ1n) is 5.95. The van der Waals surface area contributed by atoms with Gasteiger partial charge in [-0.1, -0.05) is 0 Å². The van der Waals surface area contributed by atoms with Crippen molar-refractivity contribution in [2.24, 2.45) is 0 Å². The van der Waals surface area contributed by atoms with Gasteiger partial charge >= 0.3 is 16.5 Å². The number of hydrogen-bond donors (Lipinski definition) is 3. The third kappa shape index (κ3) is 8.86. The van der Waals surface area contributed by atoms with Gasteiger partial charge in [0.05, 0.1) is 0 Å². The summed E-state index contributed by atoms with van der Waals surface area (Å²) in [5.41, 5.74) is 0. The molecule has 9 nitrogen and oxygen atoms in total. The van der Waals surface area contributed by atoms with Gasteiger partial charge in [-0.3, -0.25) is 28.0 Å². The molecular formula is C8H21N3O6P2. The van der Waals surface area contributed by atoms with E-state index < -0.39 is 16.5 Å². The summed E-state index contributed by atoms with van der Waals surface area (Å²) < 4.78 is 30.5. The molecule has 3 N–H and O–H groups in total. The van der Waals surface area contributed by atoms with Gasteiger partial charge in [0, 0.05) is 39.3 Å². The summed E-state index contributed by atoms with van der Waals surface area (Å²) in [6, 6.07) is 0. The Labute approximate surface area is 113 Å². The SMILES string of the molecule is O=[PH](O)OCN1CCNCCN(CO[PH](=O)O)CC1. The maximum Gasteiger partial charge on any atom is 0.317 e. The first kappa shape index (κ1) is 17.2. The second-order valence-corrected chi connectivity index (χ2v) is 5.71. The molecule has 0 aliphatic carbocycles. The summed E-state index contributed by atoms with van der Waals surface area (Å²) in [5, 5.41) is 3.20. The Hall–Kier alpha value is 0.180. The molecular weight excluding hydrogens is 296 g/mol. The van der Waals surface area contributed by atoms with Gasteiger partial charge in [-0.15, -0.1) is 0 Å². The zero-order chi connectivity index (χ0) is 14.1. The van der Waals surface area contributed by atoms with Crippen LogP contribution >= 0.6 is 16.5 Å². The van der Waals surface area contributed by atoms with Crippen LogP contribution in [-0.2, 0) is 18.2 Å². The van der Waals surface area contributed by atoms with Gasteiger partial charge in [-0.25, -0.2) is 0 Å². The average molecular weight is 317 g/mol. The van der Waals surface area contributed by atoms with Crippen LogP contribution in [0.15, 0.2) is 0 Å². The molecule has 0 aromatic heterocycles. The molecule has 0 aromatic carbocycles. The highest BCUT2D eigenvalue weighted by Crippen LogP contribution is 2.16. The minimum atomic E-state index is -2.92. The van der Waals surface area contributed by atoms with Gasteiger partial charge in [-0.2, -0.15) is 0 Å². The van der Waals surface area contributed by atoms with E-state index in [0.717, 1.165) is 13.1 Å². The number of rotatable bonds is 6. The number of nitrogens with zero attached hydrogens (tertiary/aromatic N) is 2. The lowest BCUT2D eigenvalue weighted by Gasteiger charge is -2.24. The monoisotopic (exact) mass is 317 g/mol. The maximum atomic E-state index is 10.5. The minimum absolute atomic E-state index is 0.0985. The standard InChI is InChI=1S/C8H21N3O6P2/c12-18(13)16-7-10-3-1-9-2-4-11(6-5-10)8-17-19(14)15/h9,18-19H,1-8H2,(H,12,13)(H,14,15). The fourth-order valence-corrected chi connectivity index (χ4v) is 2.24. The fraction of sp³-hybridized carbons (Fsp3) is 1.00. The van der Waals surface area contributed by atoms with E-state index in [1.807, 2.05) is 9.80 Å². The molecule has 1 saturated heterocycles. The highest BCUT2D eigenvalue weighted by atomic mass is 31.1. The van der Waals surface area contributed by atoms with Crippen LogP contribution in [0.2, 0.25) is 0 Å². The topological polar surface area (TPSA) is 112 Å². The molecule has 1 rings (SSSR count). The van der Waals surface area contributed by atoms with E-state index >= 15 is 0 Å². The lowest BCUT2D eigenvalue weighted by molar-refractivity contribution is 0.0862. The van der Waals surface area contributed by atoms with Crippen LogP contribution in [0.25, 0.3) is 0 Å². The average Bonchev–Trinajstić information content (AvgIpc) is 2.46. The molecule has 1 heterocycles. The summed E-state index contributed by atoms with van der Waals surface area (Å²) in [5.74, 6) is 0. The second-order valence-electron chi connectivity index (χ2n) is 4.06. The zero-order valence-electron chi connectivity index (χ0n) is 10.6. The highest BCUT2D eigenvalue weighted by Gasteiger charge is 2.13. The molecule has 19 heavy (non-hydrogen) atoms. The van der Waals surface area contributed by atoms with Gasteiger partial charge in [0.2, 0.25) is 0 Å². The van der Waals surface area contributed by atoms with Crippen molar-refractivity contribution in [1.82, 2.24) is 15.1 Å². The van der Waals surface area contributed by atoms with Crippen molar-refractivity contribution >= 4 is 16.5 Å². The smallest absolute Gasteiger partial charge is 0.317 e. The molecule has 1 aliphatic rings. The van der Waals surface area contributed by atoms with E-state index in [2.05, 4.69) is 5.32 Å². The van der Waals surface area contributed by atoms with Crippen molar-refractivity contribution in [1.29, 1.82) is 0 Å². The van der Waals surface area contributed by atoms with Crippen LogP contribution in [0.4, 0.5) is 0 Å². The molecule has 11 heteroatoms. The quantitative estimate of drug-likeness (QED) is 0.526. The minimum Gasteiger partial charge on any atom is -0.326 e. The molecule has 0 bridgehead atoms. The largest absolute Gasteiger partial charge is 0.326 e. The van der Waals surface area contributed by atoms with Crippen molar-refractivity contribution in [3.05, 3.63) is 0 Å². The van der Waals surface area contributed by atoms with Crippen molar-refractivity contribution in [3.8, 4) is 0 Å². The first-order chi connectivity index (χ1) is 9.08. The van der Waals surface area contributed by atoms with E-state index in [4.69, 9.17) is 18.8 Å². The molecule has 0 saturated carbocycles. The predicted molar refractivity (Wildman–Crippen MR) is 70.4 cm³/mol. The maximum absolute atomic E-state index is 10.5. The molecule has 1 fully saturated rings. The summed E-state index contributed by atoms with van der Waals surface area (Å²) in [6.45, 7) is 4.38.